The zero-order valence-corrected chi connectivity index (χ0v) is 11.7. The number of rotatable bonds is 2. The molecule has 100 valence electrons. The first-order valence-corrected chi connectivity index (χ1v) is 6.43. The molecule has 0 radical (unpaired) electrons. The molecule has 0 aliphatic heterocycles. The van der Waals surface area contributed by atoms with Crippen LogP contribution < -0.4 is 0 Å². The van der Waals surface area contributed by atoms with Crippen molar-refractivity contribution in [2.45, 2.75) is 19.5 Å². The summed E-state index contributed by atoms with van der Waals surface area (Å²) in [6.45, 7) is 1.96. The lowest BCUT2D eigenvalue weighted by atomic mass is 10.0. The Morgan fingerprint density at radius 2 is 1.89 bits per heavy atom. The Kier molecular flexibility index (Phi) is 3.94. The van der Waals surface area contributed by atoms with Crippen molar-refractivity contribution in [2.75, 3.05) is 0 Å². The van der Waals surface area contributed by atoms with Crippen molar-refractivity contribution < 1.29 is 13.2 Å². The fourth-order valence-electron chi connectivity index (χ4n) is 1.72. The highest BCUT2D eigenvalue weighted by molar-refractivity contribution is 9.10. The Balaban J connectivity index is 2.22. The van der Waals surface area contributed by atoms with Crippen LogP contribution >= 0.6 is 15.9 Å². The van der Waals surface area contributed by atoms with E-state index in [1.807, 2.05) is 25.1 Å². The van der Waals surface area contributed by atoms with E-state index in [9.17, 15) is 13.2 Å². The zero-order valence-electron chi connectivity index (χ0n) is 10.1. The summed E-state index contributed by atoms with van der Waals surface area (Å²) in [5.41, 5.74) is 2.03. The number of hydrogen-bond acceptors (Lipinski definition) is 1. The molecule has 1 aromatic heterocycles. The normalized spacial score (nSPS) is 11.6. The topological polar surface area (TPSA) is 12.9 Å². The fraction of sp³-hybridized carbons (Fsp3) is 0.214. The highest BCUT2D eigenvalue weighted by atomic mass is 79.9. The second kappa shape index (κ2) is 5.33. The van der Waals surface area contributed by atoms with E-state index in [-0.39, 0.29) is 0 Å². The first-order valence-electron chi connectivity index (χ1n) is 5.63. The Morgan fingerprint density at radius 1 is 1.16 bits per heavy atom. The van der Waals surface area contributed by atoms with Crippen molar-refractivity contribution in [3.8, 4) is 0 Å². The maximum absolute atomic E-state index is 12.4. The molecule has 0 saturated carbocycles. The molecule has 0 atom stereocenters. The molecule has 2 rings (SSSR count). The minimum absolute atomic E-state index is 0.517. The standard InChI is InChI=1S/C14H11BrF3N/c1-9-2-4-12(15)6-10(9)7-13-5-3-11(8-19-13)14(16,17)18/h2-6,8H,7H2,1H3. The molecule has 0 amide bonds. The van der Waals surface area contributed by atoms with Gasteiger partial charge in [-0.1, -0.05) is 22.0 Å². The second-order valence-electron chi connectivity index (χ2n) is 4.28. The summed E-state index contributed by atoms with van der Waals surface area (Å²) in [7, 11) is 0. The Morgan fingerprint density at radius 3 is 2.47 bits per heavy atom. The predicted octanol–water partition coefficient (Wildman–Crippen LogP) is 4.76. The van der Waals surface area contributed by atoms with Crippen molar-refractivity contribution in [1.29, 1.82) is 0 Å². The molecule has 2 aromatic rings. The minimum Gasteiger partial charge on any atom is -0.260 e. The maximum atomic E-state index is 12.4. The SMILES string of the molecule is Cc1ccc(Br)cc1Cc1ccc(C(F)(F)F)cn1. The summed E-state index contributed by atoms with van der Waals surface area (Å²) in [5, 5.41) is 0. The van der Waals surface area contributed by atoms with E-state index < -0.39 is 11.7 Å². The minimum atomic E-state index is -4.34. The molecule has 0 aliphatic rings. The van der Waals surface area contributed by atoms with Crippen LogP contribution in [0, 0.1) is 6.92 Å². The summed E-state index contributed by atoms with van der Waals surface area (Å²) < 4.78 is 38.2. The molecule has 0 unspecified atom stereocenters. The molecule has 0 bridgehead atoms. The summed E-state index contributed by atoms with van der Waals surface area (Å²) >= 11 is 3.38. The number of halogens is 4. The van der Waals surface area contributed by atoms with Crippen LogP contribution in [-0.4, -0.2) is 4.98 Å². The largest absolute Gasteiger partial charge is 0.417 e. The lowest BCUT2D eigenvalue weighted by Gasteiger charge is -2.08. The highest BCUT2D eigenvalue weighted by Crippen LogP contribution is 2.28. The van der Waals surface area contributed by atoms with Crippen molar-refractivity contribution in [2.24, 2.45) is 0 Å². The summed E-state index contributed by atoms with van der Waals surface area (Å²) in [6, 6.07) is 8.33. The molecule has 19 heavy (non-hydrogen) atoms. The van der Waals surface area contributed by atoms with E-state index in [2.05, 4.69) is 20.9 Å². The third kappa shape index (κ3) is 3.56. The van der Waals surface area contributed by atoms with E-state index >= 15 is 0 Å². The van der Waals surface area contributed by atoms with Crippen LogP contribution in [0.25, 0.3) is 0 Å². The van der Waals surface area contributed by atoms with Gasteiger partial charge >= 0.3 is 6.18 Å². The molecule has 1 heterocycles. The average Bonchev–Trinajstić information content (AvgIpc) is 2.33. The van der Waals surface area contributed by atoms with E-state index in [1.54, 1.807) is 0 Å². The van der Waals surface area contributed by atoms with Gasteiger partial charge in [-0.2, -0.15) is 13.2 Å². The molecule has 0 fully saturated rings. The summed E-state index contributed by atoms with van der Waals surface area (Å²) in [5.74, 6) is 0. The Hall–Kier alpha value is -1.36. The molecule has 0 spiro atoms. The number of nitrogens with zero attached hydrogens (tertiary/aromatic N) is 1. The number of benzene rings is 1. The van der Waals surface area contributed by atoms with Crippen molar-refractivity contribution in [3.05, 3.63) is 63.4 Å². The lowest BCUT2D eigenvalue weighted by molar-refractivity contribution is -0.137. The number of aryl methyl sites for hydroxylation is 1. The molecule has 0 saturated heterocycles. The first kappa shape index (κ1) is 14.1. The number of aromatic nitrogens is 1. The van der Waals surface area contributed by atoms with E-state index in [1.165, 1.54) is 6.07 Å². The van der Waals surface area contributed by atoms with Gasteiger partial charge in [-0.15, -0.1) is 0 Å². The smallest absolute Gasteiger partial charge is 0.260 e. The van der Waals surface area contributed by atoms with Crippen LogP contribution in [0.4, 0.5) is 13.2 Å². The van der Waals surface area contributed by atoms with Crippen molar-refractivity contribution in [3.63, 3.8) is 0 Å². The van der Waals surface area contributed by atoms with Gasteiger partial charge in [0.05, 0.1) is 5.56 Å². The lowest BCUT2D eigenvalue weighted by Crippen LogP contribution is -2.06. The van der Waals surface area contributed by atoms with Gasteiger partial charge in [-0.3, -0.25) is 4.98 Å². The number of pyridine rings is 1. The van der Waals surface area contributed by atoms with E-state index in [4.69, 9.17) is 0 Å². The van der Waals surface area contributed by atoms with Gasteiger partial charge in [0.15, 0.2) is 0 Å². The third-order valence-corrected chi connectivity index (χ3v) is 3.33. The van der Waals surface area contributed by atoms with Crippen LogP contribution in [0.1, 0.15) is 22.4 Å². The second-order valence-corrected chi connectivity index (χ2v) is 5.20. The Bertz CT molecular complexity index is 576. The molecule has 0 N–H and O–H groups in total. The molecule has 1 aromatic carbocycles. The van der Waals surface area contributed by atoms with Crippen molar-refractivity contribution >= 4 is 15.9 Å². The van der Waals surface area contributed by atoms with Gasteiger partial charge in [0, 0.05) is 22.8 Å². The zero-order chi connectivity index (χ0) is 14.0. The monoisotopic (exact) mass is 329 g/mol. The number of alkyl halides is 3. The highest BCUT2D eigenvalue weighted by Gasteiger charge is 2.30. The first-order chi connectivity index (χ1) is 8.86. The summed E-state index contributed by atoms with van der Waals surface area (Å²) in [4.78, 5) is 3.88. The van der Waals surface area contributed by atoms with Crippen LogP contribution in [0.5, 0.6) is 0 Å². The van der Waals surface area contributed by atoms with Crippen LogP contribution in [0.2, 0.25) is 0 Å². The number of hydrogen-bond donors (Lipinski definition) is 0. The van der Waals surface area contributed by atoms with Gasteiger partial charge < -0.3 is 0 Å². The van der Waals surface area contributed by atoms with Crippen LogP contribution in [0.15, 0.2) is 41.0 Å². The van der Waals surface area contributed by atoms with E-state index in [0.29, 0.717) is 12.1 Å². The molecule has 0 aliphatic carbocycles. The quantitative estimate of drug-likeness (QED) is 0.773. The molecular formula is C14H11BrF3N. The van der Waals surface area contributed by atoms with Gasteiger partial charge in [0.25, 0.3) is 0 Å². The van der Waals surface area contributed by atoms with Gasteiger partial charge in [-0.05, 0) is 42.3 Å². The maximum Gasteiger partial charge on any atom is 0.417 e. The van der Waals surface area contributed by atoms with E-state index in [0.717, 1.165) is 27.9 Å². The van der Waals surface area contributed by atoms with Crippen LogP contribution in [0.3, 0.4) is 0 Å². The Labute approximate surface area is 117 Å². The molecular weight excluding hydrogens is 319 g/mol. The average molecular weight is 330 g/mol. The summed E-state index contributed by atoms with van der Waals surface area (Å²) in [6.07, 6.45) is -2.94. The van der Waals surface area contributed by atoms with Crippen molar-refractivity contribution in [1.82, 2.24) is 4.98 Å². The van der Waals surface area contributed by atoms with Gasteiger partial charge in [0.2, 0.25) is 0 Å². The van der Waals surface area contributed by atoms with Gasteiger partial charge in [0.1, 0.15) is 0 Å². The predicted molar refractivity (Wildman–Crippen MR) is 70.9 cm³/mol. The third-order valence-electron chi connectivity index (χ3n) is 2.83. The van der Waals surface area contributed by atoms with Gasteiger partial charge in [-0.25, -0.2) is 0 Å². The molecule has 1 nitrogen and oxygen atoms in total. The molecule has 5 heteroatoms. The van der Waals surface area contributed by atoms with Crippen LogP contribution in [-0.2, 0) is 12.6 Å². The fourth-order valence-corrected chi connectivity index (χ4v) is 2.13.